The van der Waals surface area contributed by atoms with Crippen LogP contribution >= 0.6 is 11.6 Å². The van der Waals surface area contributed by atoms with Crippen molar-refractivity contribution in [1.29, 1.82) is 0 Å². The van der Waals surface area contributed by atoms with E-state index in [-0.39, 0.29) is 0 Å². The van der Waals surface area contributed by atoms with Crippen molar-refractivity contribution in [1.82, 2.24) is 19.6 Å². The fourth-order valence-corrected chi connectivity index (χ4v) is 3.51. The molecule has 3 rings (SSSR count). The molecule has 0 saturated carbocycles. The summed E-state index contributed by atoms with van der Waals surface area (Å²) in [5, 5.41) is 7.86. The Labute approximate surface area is 111 Å². The van der Waals surface area contributed by atoms with E-state index in [2.05, 4.69) is 20.4 Å². The zero-order valence-corrected chi connectivity index (χ0v) is 11.1. The maximum absolute atomic E-state index is 11.3. The molecular formula is C10H12ClN5OS. The molecule has 96 valence electrons. The van der Waals surface area contributed by atoms with Crippen molar-refractivity contribution in [3.05, 3.63) is 17.5 Å². The molecule has 0 aliphatic carbocycles. The first-order valence-electron chi connectivity index (χ1n) is 5.70. The Kier molecular flexibility index (Phi) is 3.17. The van der Waals surface area contributed by atoms with Crippen molar-refractivity contribution in [3.63, 3.8) is 0 Å². The summed E-state index contributed by atoms with van der Waals surface area (Å²) in [6, 6.07) is 2.03. The first-order valence-corrected chi connectivity index (χ1v) is 7.57. The summed E-state index contributed by atoms with van der Waals surface area (Å²) in [5.74, 6) is 2.75. The van der Waals surface area contributed by atoms with Gasteiger partial charge in [-0.15, -0.1) is 0 Å². The lowest BCUT2D eigenvalue weighted by Crippen LogP contribution is -2.30. The van der Waals surface area contributed by atoms with Gasteiger partial charge in [0.2, 0.25) is 0 Å². The summed E-state index contributed by atoms with van der Waals surface area (Å²) in [7, 11) is -0.656. The maximum atomic E-state index is 11.3. The van der Waals surface area contributed by atoms with Crippen LogP contribution in [0.1, 0.15) is 12.8 Å². The highest BCUT2D eigenvalue weighted by Crippen LogP contribution is 2.19. The first-order chi connectivity index (χ1) is 8.72. The molecule has 0 amide bonds. The molecule has 8 heteroatoms. The van der Waals surface area contributed by atoms with Crippen molar-refractivity contribution >= 4 is 34.0 Å². The largest absolute Gasteiger partial charge is 0.367 e. The van der Waals surface area contributed by atoms with E-state index in [0.717, 1.165) is 30.2 Å². The van der Waals surface area contributed by atoms with Crippen molar-refractivity contribution in [2.75, 3.05) is 16.8 Å². The Hall–Kier alpha value is -1.21. The summed E-state index contributed by atoms with van der Waals surface area (Å²) in [6.07, 6.45) is 3.23. The van der Waals surface area contributed by atoms with Crippen LogP contribution in [0.2, 0.25) is 5.15 Å². The molecule has 1 aliphatic heterocycles. The highest BCUT2D eigenvalue weighted by molar-refractivity contribution is 7.85. The second-order valence-electron chi connectivity index (χ2n) is 4.20. The van der Waals surface area contributed by atoms with Gasteiger partial charge in [0.25, 0.3) is 5.78 Å². The second-order valence-corrected chi connectivity index (χ2v) is 6.29. The summed E-state index contributed by atoms with van der Waals surface area (Å²) in [6.45, 7) is 0. The quantitative estimate of drug-likeness (QED) is 0.837. The van der Waals surface area contributed by atoms with E-state index >= 15 is 0 Å². The predicted octanol–water partition coefficient (Wildman–Crippen LogP) is 1.10. The van der Waals surface area contributed by atoms with Crippen LogP contribution in [-0.4, -0.2) is 41.3 Å². The Morgan fingerprint density at radius 1 is 1.44 bits per heavy atom. The third kappa shape index (κ3) is 2.32. The Morgan fingerprint density at radius 2 is 2.22 bits per heavy atom. The molecule has 0 radical (unpaired) electrons. The normalized spacial score (nSPS) is 24.3. The van der Waals surface area contributed by atoms with Gasteiger partial charge in [-0.2, -0.15) is 19.6 Å². The number of halogens is 1. The number of nitrogens with one attached hydrogen (secondary N) is 1. The molecule has 0 bridgehead atoms. The zero-order chi connectivity index (χ0) is 12.5. The first kappa shape index (κ1) is 11.9. The van der Waals surface area contributed by atoms with Gasteiger partial charge in [0.1, 0.15) is 17.3 Å². The molecule has 6 nitrogen and oxygen atoms in total. The smallest absolute Gasteiger partial charge is 0.255 e. The Balaban J connectivity index is 1.85. The van der Waals surface area contributed by atoms with Gasteiger partial charge in [0, 0.05) is 34.4 Å². The number of rotatable bonds is 2. The molecule has 0 spiro atoms. The molecule has 1 N–H and O–H groups in total. The van der Waals surface area contributed by atoms with Crippen LogP contribution in [0.25, 0.3) is 5.78 Å². The van der Waals surface area contributed by atoms with Crippen LogP contribution in [0.5, 0.6) is 0 Å². The van der Waals surface area contributed by atoms with E-state index in [4.69, 9.17) is 11.6 Å². The van der Waals surface area contributed by atoms with Crippen LogP contribution in [0, 0.1) is 0 Å². The molecule has 2 aromatic heterocycles. The molecule has 2 aromatic rings. The van der Waals surface area contributed by atoms with Crippen LogP contribution in [0.15, 0.2) is 12.4 Å². The molecule has 0 aromatic carbocycles. The van der Waals surface area contributed by atoms with Crippen molar-refractivity contribution in [3.8, 4) is 0 Å². The molecule has 0 unspecified atom stereocenters. The molecule has 1 aliphatic rings. The van der Waals surface area contributed by atoms with Crippen LogP contribution in [-0.2, 0) is 10.8 Å². The molecular weight excluding hydrogens is 274 g/mol. The van der Waals surface area contributed by atoms with Crippen molar-refractivity contribution < 1.29 is 4.21 Å². The number of hydrogen-bond donors (Lipinski definition) is 1. The van der Waals surface area contributed by atoms with Gasteiger partial charge in [-0.05, 0) is 12.8 Å². The molecule has 1 saturated heterocycles. The van der Waals surface area contributed by atoms with Gasteiger partial charge in [-0.3, -0.25) is 4.21 Å². The minimum Gasteiger partial charge on any atom is -0.367 e. The van der Waals surface area contributed by atoms with E-state index < -0.39 is 10.8 Å². The molecule has 18 heavy (non-hydrogen) atoms. The highest BCUT2D eigenvalue weighted by Gasteiger charge is 2.19. The third-order valence-electron chi connectivity index (χ3n) is 2.96. The minimum absolute atomic E-state index is 0.300. The van der Waals surface area contributed by atoms with Crippen LogP contribution in [0.3, 0.4) is 0 Å². The van der Waals surface area contributed by atoms with E-state index in [1.807, 2.05) is 0 Å². The average Bonchev–Trinajstić information content (AvgIpc) is 2.80. The molecule has 1 fully saturated rings. The number of anilines is 1. The number of aromatic nitrogens is 4. The number of nitrogens with zero attached hydrogens (tertiary/aromatic N) is 4. The lowest BCUT2D eigenvalue weighted by molar-refractivity contribution is 0.620. The van der Waals surface area contributed by atoms with Crippen molar-refractivity contribution in [2.24, 2.45) is 0 Å². The third-order valence-corrected chi connectivity index (χ3v) is 4.54. The van der Waals surface area contributed by atoms with Gasteiger partial charge in [0.15, 0.2) is 0 Å². The van der Waals surface area contributed by atoms with Gasteiger partial charge < -0.3 is 5.32 Å². The highest BCUT2D eigenvalue weighted by atomic mass is 35.5. The zero-order valence-electron chi connectivity index (χ0n) is 9.54. The summed E-state index contributed by atoms with van der Waals surface area (Å²) in [4.78, 5) is 8.08. The lowest BCUT2D eigenvalue weighted by Gasteiger charge is -2.23. The van der Waals surface area contributed by atoms with Gasteiger partial charge in [0.05, 0.1) is 0 Å². The molecule has 3 heterocycles. The number of hydrogen-bond acceptors (Lipinski definition) is 5. The molecule has 0 atom stereocenters. The summed E-state index contributed by atoms with van der Waals surface area (Å²) < 4.78 is 12.9. The SMILES string of the molecule is O=S1CCC(Nc2cc(Cl)nc3ncnn23)CC1. The Morgan fingerprint density at radius 3 is 3.00 bits per heavy atom. The number of fused-ring (bicyclic) bond motifs is 1. The van der Waals surface area contributed by atoms with Crippen LogP contribution in [0.4, 0.5) is 5.82 Å². The van der Waals surface area contributed by atoms with E-state index in [0.29, 0.717) is 17.0 Å². The fourth-order valence-electron chi connectivity index (χ4n) is 2.03. The standard InChI is InChI=1S/C10H12ClN5OS/c11-8-5-9(16-10(15-8)12-6-13-16)14-7-1-3-18(17)4-2-7/h5-7,14H,1-4H2. The second kappa shape index (κ2) is 4.81. The average molecular weight is 286 g/mol. The van der Waals surface area contributed by atoms with E-state index in [9.17, 15) is 4.21 Å². The lowest BCUT2D eigenvalue weighted by atomic mass is 10.1. The van der Waals surface area contributed by atoms with E-state index in [1.54, 1.807) is 10.6 Å². The monoisotopic (exact) mass is 285 g/mol. The van der Waals surface area contributed by atoms with Crippen LogP contribution < -0.4 is 5.32 Å². The predicted molar refractivity (Wildman–Crippen MR) is 70.3 cm³/mol. The summed E-state index contributed by atoms with van der Waals surface area (Å²) >= 11 is 5.94. The fraction of sp³-hybridized carbons (Fsp3) is 0.500. The van der Waals surface area contributed by atoms with Gasteiger partial charge >= 0.3 is 0 Å². The minimum atomic E-state index is -0.656. The van der Waals surface area contributed by atoms with Gasteiger partial charge in [-0.25, -0.2) is 0 Å². The maximum Gasteiger partial charge on any atom is 0.255 e. The topological polar surface area (TPSA) is 72.2 Å². The summed E-state index contributed by atoms with van der Waals surface area (Å²) in [5.41, 5.74) is 0. The van der Waals surface area contributed by atoms with E-state index in [1.165, 1.54) is 6.33 Å². The Bertz CT molecular complexity index is 591. The van der Waals surface area contributed by atoms with Crippen molar-refractivity contribution in [2.45, 2.75) is 18.9 Å². The van der Waals surface area contributed by atoms with Gasteiger partial charge in [-0.1, -0.05) is 11.6 Å².